The molecule has 10 aromatic carbocycles. The average Bonchev–Trinajstić information content (AvgIpc) is 2.01. The number of phosphoric acid groups is 2. The minimum absolute atomic E-state index is 0.0274. The van der Waals surface area contributed by atoms with Crippen molar-refractivity contribution in [1.29, 1.82) is 0 Å². The fourth-order valence-electron chi connectivity index (χ4n) is 11.1. The number of halogens is 1. The Hall–Kier alpha value is -8.82. The molecule has 0 bridgehead atoms. The van der Waals surface area contributed by atoms with Crippen molar-refractivity contribution in [1.82, 2.24) is 0 Å². The molecule has 0 heterocycles. The fourth-order valence-corrected chi connectivity index (χ4v) is 14.8. The lowest BCUT2D eigenvalue weighted by Gasteiger charge is -2.38. The van der Waals surface area contributed by atoms with Crippen molar-refractivity contribution < 1.29 is 60.1 Å². The van der Waals surface area contributed by atoms with Gasteiger partial charge in [-0.3, -0.25) is 0 Å². The van der Waals surface area contributed by atoms with Crippen LogP contribution in [-0.4, -0.2) is 10.2 Å². The Balaban J connectivity index is 0.000000190. The van der Waals surface area contributed by atoms with Crippen molar-refractivity contribution in [2.75, 3.05) is 0 Å². The first-order valence-corrected chi connectivity index (χ1v) is 34.8. The molecule has 2 N–H and O–H groups in total. The van der Waals surface area contributed by atoms with Crippen LogP contribution >= 0.6 is 33.8 Å². The van der Waals surface area contributed by atoms with Gasteiger partial charge >= 0.3 is 22.6 Å². The number of phosphoric ester groups is 2. The zero-order valence-corrected chi connectivity index (χ0v) is 52.2. The highest BCUT2D eigenvalue weighted by atomic mass is 35.7. The fraction of sp³-hybridized carbons (Fsp3) is 0.167. The summed E-state index contributed by atoms with van der Waals surface area (Å²) in [4.78, 5) is 0. The summed E-state index contributed by atoms with van der Waals surface area (Å²) in [6, 6.07) is 83.0. The molecular formula is C72H68ClO13P3. The summed E-state index contributed by atoms with van der Waals surface area (Å²) >= 11 is 5.72. The molecule has 0 unspecified atom stereocenters. The first-order chi connectivity index (χ1) is 43.2. The molecule has 0 atom stereocenters. The Labute approximate surface area is 524 Å². The van der Waals surface area contributed by atoms with E-state index in [0.29, 0.717) is 57.5 Å². The second-order valence-corrected chi connectivity index (χ2v) is 26.7. The van der Waals surface area contributed by atoms with Crippen LogP contribution in [0.15, 0.2) is 279 Å². The van der Waals surface area contributed by atoms with Crippen molar-refractivity contribution in [2.45, 2.75) is 75.0 Å². The first-order valence-electron chi connectivity index (χ1n) is 29.4. The molecule has 13 nitrogen and oxygen atoms in total. The van der Waals surface area contributed by atoms with Crippen LogP contribution in [0.1, 0.15) is 86.5 Å². The van der Waals surface area contributed by atoms with Crippen LogP contribution in [-0.2, 0) is 24.5 Å². The van der Waals surface area contributed by atoms with Crippen molar-refractivity contribution >= 4 is 33.8 Å². The van der Waals surface area contributed by atoms with Crippen LogP contribution in [0, 0.1) is 0 Å². The highest BCUT2D eigenvalue weighted by molar-refractivity contribution is 7.82. The number of benzene rings is 10. The Morgan fingerprint density at radius 1 is 0.258 bits per heavy atom. The number of phenols is 2. The van der Waals surface area contributed by atoms with E-state index in [9.17, 15) is 23.9 Å². The van der Waals surface area contributed by atoms with Gasteiger partial charge < -0.3 is 46.4 Å². The van der Waals surface area contributed by atoms with E-state index in [1.54, 1.807) is 194 Å². The van der Waals surface area contributed by atoms with Gasteiger partial charge in [-0.05, 0) is 169 Å². The lowest BCUT2D eigenvalue weighted by molar-refractivity contribution is 0.296. The molecule has 17 heteroatoms. The molecule has 2 saturated carbocycles. The Morgan fingerprint density at radius 3 is 0.674 bits per heavy atom. The molecule has 0 aliphatic heterocycles. The summed E-state index contributed by atoms with van der Waals surface area (Å²) in [6.07, 6.45) is 11.1. The molecule has 0 saturated heterocycles. The smallest absolute Gasteiger partial charge is 0.508 e. The molecule has 0 amide bonds. The Kier molecular flexibility index (Phi) is 21.2. The first kappa shape index (κ1) is 63.2. The number of hydrogen-bond acceptors (Lipinski definition) is 13. The zero-order valence-electron chi connectivity index (χ0n) is 48.7. The highest BCUT2D eigenvalue weighted by Gasteiger charge is 2.39. The standard InChI is InChI=1S/C42H38O8P2.C18H20O2.C12H10ClO3P/c43-51(45-36-16-6-1-7-17-36,46-37-18-8-2-9-19-37)49-40-28-24-34(25-29-40)42(32-14-5-15-33-42)35-26-30-41(31-27-35)50-52(44,47-38-20-10-3-11-21-38)48-39-22-12-4-13-23-39;19-16-8-4-14(5-9-16)18(12-2-1-3-13-18)15-6-10-17(20)11-7-15;13-17(14,15-11-7-3-1-4-8-11)16-12-9-5-2-6-10-12/h1-4,6-13,16-31H,5,14-15,32-33H2;4-11,19-20H,1-3,12-13H2;1-10H. The van der Waals surface area contributed by atoms with E-state index in [1.807, 2.05) is 84.9 Å². The molecule has 12 rings (SSSR count). The predicted molar refractivity (Wildman–Crippen MR) is 349 cm³/mol. The minimum Gasteiger partial charge on any atom is -0.508 e. The molecule has 2 aliphatic carbocycles. The largest absolute Gasteiger partial charge is 0.647 e. The molecule has 2 fully saturated rings. The third-order valence-electron chi connectivity index (χ3n) is 15.3. The molecule has 0 radical (unpaired) electrons. The van der Waals surface area contributed by atoms with Crippen molar-refractivity contribution in [3.63, 3.8) is 0 Å². The SMILES string of the molecule is O=P(Cl)(Oc1ccccc1)Oc1ccccc1.O=P(Oc1ccccc1)(Oc1ccccc1)Oc1ccc(C2(c3ccc(OP(=O)(Oc4ccccc4)Oc4ccccc4)cc3)CCCCC2)cc1.Oc1ccc(C2(c3ccc(O)cc3)CCCCC2)cc1. The second kappa shape index (κ2) is 29.9. The van der Waals surface area contributed by atoms with Crippen LogP contribution in [0.25, 0.3) is 0 Å². The molecular weight excluding hydrogens is 1200 g/mol. The quantitative estimate of drug-likeness (QED) is 0.0693. The van der Waals surface area contributed by atoms with Gasteiger partial charge in [0.25, 0.3) is 0 Å². The van der Waals surface area contributed by atoms with Gasteiger partial charge in [-0.2, -0.15) is 9.13 Å². The van der Waals surface area contributed by atoms with Gasteiger partial charge in [0.2, 0.25) is 0 Å². The molecule has 0 spiro atoms. The van der Waals surface area contributed by atoms with Crippen molar-refractivity contribution in [3.8, 4) is 57.5 Å². The molecule has 2 aliphatic rings. The summed E-state index contributed by atoms with van der Waals surface area (Å²) in [5.74, 6) is 3.58. The van der Waals surface area contributed by atoms with Crippen LogP contribution in [0.2, 0.25) is 0 Å². The lowest BCUT2D eigenvalue weighted by Crippen LogP contribution is -2.30. The van der Waals surface area contributed by atoms with E-state index in [-0.39, 0.29) is 10.8 Å². The Morgan fingerprint density at radius 2 is 0.449 bits per heavy atom. The van der Waals surface area contributed by atoms with Gasteiger partial charge in [-0.25, -0.2) is 4.57 Å². The summed E-state index contributed by atoms with van der Waals surface area (Å²) in [5, 5.41) is 19.0. The van der Waals surface area contributed by atoms with Gasteiger partial charge in [0, 0.05) is 22.1 Å². The number of rotatable bonds is 20. The third kappa shape index (κ3) is 17.7. The van der Waals surface area contributed by atoms with E-state index in [1.165, 1.54) is 30.4 Å². The lowest BCUT2D eigenvalue weighted by atomic mass is 9.65. The van der Waals surface area contributed by atoms with E-state index in [2.05, 4.69) is 0 Å². The summed E-state index contributed by atoms with van der Waals surface area (Å²) in [6.45, 7) is -3.66. The minimum atomic E-state index is -4.13. The summed E-state index contributed by atoms with van der Waals surface area (Å²) < 4.78 is 85.3. The van der Waals surface area contributed by atoms with E-state index in [4.69, 9.17) is 47.4 Å². The van der Waals surface area contributed by atoms with E-state index in [0.717, 1.165) is 56.1 Å². The molecule has 89 heavy (non-hydrogen) atoms. The van der Waals surface area contributed by atoms with Gasteiger partial charge in [-0.1, -0.05) is 196 Å². The highest BCUT2D eigenvalue weighted by Crippen LogP contribution is 2.55. The number of aromatic hydroxyl groups is 2. The van der Waals surface area contributed by atoms with Crippen LogP contribution in [0.4, 0.5) is 0 Å². The number of para-hydroxylation sites is 6. The topological polar surface area (TPSA) is 166 Å². The number of hydrogen-bond donors (Lipinski definition) is 2. The maximum atomic E-state index is 14.0. The normalized spacial score (nSPS) is 14.3. The van der Waals surface area contributed by atoms with Crippen molar-refractivity contribution in [2.24, 2.45) is 0 Å². The third-order valence-corrected chi connectivity index (χ3v) is 19.1. The predicted octanol–water partition coefficient (Wildman–Crippen LogP) is 21.1. The number of phenolic OH excluding ortho intramolecular Hbond substituents is 2. The van der Waals surface area contributed by atoms with Gasteiger partial charge in [0.05, 0.1) is 0 Å². The zero-order chi connectivity index (χ0) is 61.8. The van der Waals surface area contributed by atoms with Crippen molar-refractivity contribution in [3.05, 3.63) is 301 Å². The maximum absolute atomic E-state index is 14.0. The van der Waals surface area contributed by atoms with Crippen LogP contribution < -0.4 is 36.2 Å². The van der Waals surface area contributed by atoms with Gasteiger partial charge in [0.1, 0.15) is 57.5 Å². The maximum Gasteiger partial charge on any atom is 0.647 e. The van der Waals surface area contributed by atoms with Crippen LogP contribution in [0.3, 0.4) is 0 Å². The Bertz CT molecular complexity index is 3570. The van der Waals surface area contributed by atoms with E-state index < -0.39 is 22.6 Å². The molecule has 0 aromatic heterocycles. The molecule has 10 aromatic rings. The summed E-state index contributed by atoms with van der Waals surface area (Å²) in [5.41, 5.74) is 4.47. The monoisotopic (exact) mass is 1270 g/mol. The second-order valence-electron chi connectivity index (χ2n) is 21.4. The molecule has 456 valence electrons. The van der Waals surface area contributed by atoms with Gasteiger partial charge in [-0.15, -0.1) is 0 Å². The van der Waals surface area contributed by atoms with Gasteiger partial charge in [0.15, 0.2) is 0 Å². The summed E-state index contributed by atoms with van der Waals surface area (Å²) in [7, 11) is -8.27. The van der Waals surface area contributed by atoms with Crippen LogP contribution in [0.5, 0.6) is 57.5 Å². The van der Waals surface area contributed by atoms with E-state index >= 15 is 0 Å². The average molecular weight is 1270 g/mol.